The van der Waals surface area contributed by atoms with Gasteiger partial charge in [0, 0.05) is 5.92 Å². The highest BCUT2D eigenvalue weighted by Gasteiger charge is 2.46. The molecule has 1 saturated carbocycles. The second-order valence-electron chi connectivity index (χ2n) is 9.85. The molecule has 1 saturated heterocycles. The maximum Gasteiger partial charge on any atom is 0.362 e. The van der Waals surface area contributed by atoms with E-state index in [-0.39, 0.29) is 23.3 Å². The number of nitrogens with one attached hydrogen (secondary N) is 1. The van der Waals surface area contributed by atoms with Crippen LogP contribution in [0.15, 0.2) is 12.7 Å². The third-order valence-corrected chi connectivity index (χ3v) is 7.95. The molecule has 4 rings (SSSR count). The van der Waals surface area contributed by atoms with Crippen LogP contribution in [0.25, 0.3) is 11.2 Å². The van der Waals surface area contributed by atoms with Crippen molar-refractivity contribution in [3.05, 3.63) is 12.7 Å². The summed E-state index contributed by atoms with van der Waals surface area (Å²) in [7, 11) is -4.42. The molecule has 2 aromatic rings. The number of carbonyl (C=O) groups is 1. The van der Waals surface area contributed by atoms with Crippen molar-refractivity contribution in [2.75, 3.05) is 12.3 Å². The van der Waals surface area contributed by atoms with Crippen LogP contribution in [0.1, 0.15) is 70.9 Å². The molecule has 14 heteroatoms. The topological polar surface area (TPSA) is 192 Å². The molecule has 5 N–H and O–H groups in total. The number of amides is 1. The zero-order valence-electron chi connectivity index (χ0n) is 20.9. The van der Waals surface area contributed by atoms with Crippen LogP contribution in [0, 0.1) is 11.8 Å². The van der Waals surface area contributed by atoms with Gasteiger partial charge in [0.15, 0.2) is 17.7 Å². The first-order chi connectivity index (χ1) is 17.7. The first kappa shape index (κ1) is 27.6. The quantitative estimate of drug-likeness (QED) is 0.252. The number of aromatic nitrogens is 4. The van der Waals surface area contributed by atoms with Crippen molar-refractivity contribution in [2.24, 2.45) is 11.8 Å². The first-order valence-electron chi connectivity index (χ1n) is 12.9. The third kappa shape index (κ3) is 6.74. The van der Waals surface area contributed by atoms with Crippen LogP contribution in [0.2, 0.25) is 0 Å². The van der Waals surface area contributed by atoms with E-state index in [1.807, 2.05) is 4.72 Å². The standard InChI is InChI=1S/C23H36N6O7S/c1-2-3-4-5-6-7-8-9-14-10-15(14)22(32)28-37(33,34)35-11-16-18(30)19(31)23(36-16)29-13-27-17-20(24)25-12-26-21(17)29/h12-16,18-19,23,30-31H,2-11H2,1H3,(H,28,32)(H2,24,25,26)/t14-,15+,16-,18-,19-,23-/m1/s1. The predicted molar refractivity (Wildman–Crippen MR) is 133 cm³/mol. The lowest BCUT2D eigenvalue weighted by Crippen LogP contribution is -2.38. The molecule has 0 bridgehead atoms. The number of carbonyl (C=O) groups excluding carboxylic acids is 1. The molecule has 1 aliphatic carbocycles. The van der Waals surface area contributed by atoms with Gasteiger partial charge >= 0.3 is 10.3 Å². The van der Waals surface area contributed by atoms with E-state index in [4.69, 9.17) is 14.7 Å². The molecule has 0 aromatic carbocycles. The number of nitrogens with two attached hydrogens (primary N) is 1. The summed E-state index contributed by atoms with van der Waals surface area (Å²) in [5, 5.41) is 20.9. The van der Waals surface area contributed by atoms with Crippen LogP contribution in [0.3, 0.4) is 0 Å². The van der Waals surface area contributed by atoms with Crippen LogP contribution in [0.5, 0.6) is 0 Å². The normalized spacial score (nSPS) is 27.5. The summed E-state index contributed by atoms with van der Waals surface area (Å²) in [5.41, 5.74) is 6.35. The third-order valence-electron chi connectivity index (χ3n) is 7.05. The Balaban J connectivity index is 1.22. The van der Waals surface area contributed by atoms with E-state index in [9.17, 15) is 23.4 Å². The van der Waals surface area contributed by atoms with Crippen molar-refractivity contribution in [2.45, 2.75) is 89.3 Å². The van der Waals surface area contributed by atoms with E-state index in [0.717, 1.165) is 19.3 Å². The summed E-state index contributed by atoms with van der Waals surface area (Å²) in [6.45, 7) is 1.58. The Morgan fingerprint density at radius 3 is 2.65 bits per heavy atom. The molecular formula is C23H36N6O7S. The van der Waals surface area contributed by atoms with Gasteiger partial charge in [0.05, 0.1) is 12.9 Å². The SMILES string of the molecule is CCCCCCCCC[C@@H]1C[C@@H]1C(=O)NS(=O)(=O)OC[C@H]1O[C@@H](n2cnc3c(N)ncnc32)[C@H](O)[C@@H]1O. The fourth-order valence-electron chi connectivity index (χ4n) is 4.79. The minimum Gasteiger partial charge on any atom is -0.387 e. The lowest BCUT2D eigenvalue weighted by Gasteiger charge is -2.16. The second kappa shape index (κ2) is 12.0. The van der Waals surface area contributed by atoms with E-state index in [2.05, 4.69) is 21.9 Å². The van der Waals surface area contributed by atoms with E-state index in [1.165, 1.54) is 49.3 Å². The number of nitrogen functional groups attached to an aromatic ring is 1. The average Bonchev–Trinajstić information content (AvgIpc) is 3.42. The fraction of sp³-hybridized carbons (Fsp3) is 0.739. The minimum atomic E-state index is -4.42. The van der Waals surface area contributed by atoms with Gasteiger partial charge in [-0.25, -0.2) is 19.7 Å². The zero-order chi connectivity index (χ0) is 26.6. The Morgan fingerprint density at radius 2 is 1.89 bits per heavy atom. The molecule has 2 aliphatic rings. The molecule has 37 heavy (non-hydrogen) atoms. The summed E-state index contributed by atoms with van der Waals surface area (Å²) >= 11 is 0. The van der Waals surface area contributed by atoms with Gasteiger partial charge in [-0.05, 0) is 18.8 Å². The number of hydrogen-bond donors (Lipinski definition) is 4. The van der Waals surface area contributed by atoms with Gasteiger partial charge in [-0.1, -0.05) is 51.9 Å². The van der Waals surface area contributed by atoms with Gasteiger partial charge in [0.2, 0.25) is 5.91 Å². The number of ether oxygens (including phenoxy) is 1. The zero-order valence-corrected chi connectivity index (χ0v) is 21.7. The molecule has 1 amide bonds. The molecule has 2 aromatic heterocycles. The maximum atomic E-state index is 12.4. The predicted octanol–water partition coefficient (Wildman–Crippen LogP) is 1.18. The molecule has 0 spiro atoms. The Kier molecular flexibility index (Phi) is 8.95. The van der Waals surface area contributed by atoms with Gasteiger partial charge in [-0.2, -0.15) is 8.42 Å². The fourth-order valence-corrected chi connectivity index (χ4v) is 5.56. The smallest absolute Gasteiger partial charge is 0.362 e. The van der Waals surface area contributed by atoms with Crippen molar-refractivity contribution < 1.29 is 32.3 Å². The molecule has 2 fully saturated rings. The monoisotopic (exact) mass is 540 g/mol. The number of aliphatic hydroxyl groups excluding tert-OH is 2. The molecule has 6 atom stereocenters. The number of hydrogen-bond acceptors (Lipinski definition) is 11. The van der Waals surface area contributed by atoms with Gasteiger partial charge in [-0.15, -0.1) is 0 Å². The van der Waals surface area contributed by atoms with Gasteiger partial charge in [0.25, 0.3) is 0 Å². The summed E-state index contributed by atoms with van der Waals surface area (Å²) in [5.74, 6) is -0.578. The van der Waals surface area contributed by atoms with Crippen LogP contribution in [0.4, 0.5) is 5.82 Å². The van der Waals surface area contributed by atoms with Crippen LogP contribution >= 0.6 is 0 Å². The maximum absolute atomic E-state index is 12.4. The van der Waals surface area contributed by atoms with Gasteiger partial charge in [-0.3, -0.25) is 13.5 Å². The number of nitrogens with zero attached hydrogens (tertiary/aromatic N) is 4. The van der Waals surface area contributed by atoms with E-state index >= 15 is 0 Å². The largest absolute Gasteiger partial charge is 0.387 e. The number of unbranched alkanes of at least 4 members (excludes halogenated alkanes) is 6. The molecule has 1 aliphatic heterocycles. The summed E-state index contributed by atoms with van der Waals surface area (Å²) in [6, 6.07) is 0. The van der Waals surface area contributed by atoms with Crippen LogP contribution in [-0.4, -0.2) is 69.0 Å². The summed E-state index contributed by atoms with van der Waals surface area (Å²) in [4.78, 5) is 24.4. The van der Waals surface area contributed by atoms with Crippen molar-refractivity contribution in [1.29, 1.82) is 0 Å². The van der Waals surface area contributed by atoms with Crippen molar-refractivity contribution >= 4 is 33.2 Å². The Labute approximate surface area is 216 Å². The molecule has 13 nitrogen and oxygen atoms in total. The Bertz CT molecular complexity index is 1180. The van der Waals surface area contributed by atoms with Gasteiger partial charge in [0.1, 0.15) is 30.2 Å². The van der Waals surface area contributed by atoms with E-state index in [0.29, 0.717) is 11.9 Å². The van der Waals surface area contributed by atoms with Crippen LogP contribution in [-0.2, 0) is 24.0 Å². The van der Waals surface area contributed by atoms with Crippen LogP contribution < -0.4 is 10.5 Å². The van der Waals surface area contributed by atoms with Gasteiger partial charge < -0.3 is 20.7 Å². The second-order valence-corrected chi connectivity index (χ2v) is 11.2. The molecule has 3 heterocycles. The summed E-state index contributed by atoms with van der Waals surface area (Å²) < 4.78 is 38.6. The lowest BCUT2D eigenvalue weighted by molar-refractivity contribution is -0.121. The highest BCUT2D eigenvalue weighted by Crippen LogP contribution is 2.42. The van der Waals surface area contributed by atoms with Crippen molar-refractivity contribution in [3.8, 4) is 0 Å². The molecule has 206 valence electrons. The number of rotatable bonds is 14. The highest BCUT2D eigenvalue weighted by atomic mass is 32.2. The first-order valence-corrected chi connectivity index (χ1v) is 14.3. The van der Waals surface area contributed by atoms with E-state index < -0.39 is 47.4 Å². The molecule has 0 radical (unpaired) electrons. The average molecular weight is 541 g/mol. The number of anilines is 1. The Hall–Kier alpha value is -2.39. The van der Waals surface area contributed by atoms with Crippen molar-refractivity contribution in [1.82, 2.24) is 24.2 Å². The minimum absolute atomic E-state index is 0.138. The molecular weight excluding hydrogens is 504 g/mol. The Morgan fingerprint density at radius 1 is 1.16 bits per heavy atom. The highest BCUT2D eigenvalue weighted by molar-refractivity contribution is 7.85. The lowest BCUT2D eigenvalue weighted by atomic mass is 10.1. The van der Waals surface area contributed by atoms with Crippen molar-refractivity contribution in [3.63, 3.8) is 0 Å². The molecule has 0 unspecified atom stereocenters. The number of fused-ring (bicyclic) bond motifs is 1. The summed E-state index contributed by atoms with van der Waals surface area (Å²) in [6.07, 6.45) is 7.29. The number of imidazole rings is 1. The number of aliphatic hydroxyl groups is 2. The van der Waals surface area contributed by atoms with E-state index in [1.54, 1.807) is 0 Å².